The number of anilines is 1. The molecule has 0 aromatic heterocycles. The maximum absolute atomic E-state index is 12.2. The average Bonchev–Trinajstić information content (AvgIpc) is 2.62. The van der Waals surface area contributed by atoms with Gasteiger partial charge in [-0.2, -0.15) is 0 Å². The van der Waals surface area contributed by atoms with Gasteiger partial charge in [-0.3, -0.25) is 9.79 Å². The molecule has 1 saturated heterocycles. The zero-order chi connectivity index (χ0) is 21.6. The highest BCUT2D eigenvalue weighted by molar-refractivity contribution is 6.31. The van der Waals surface area contributed by atoms with Gasteiger partial charge in [0.2, 0.25) is 5.91 Å². The summed E-state index contributed by atoms with van der Waals surface area (Å²) in [6.45, 7) is 10.7. The fourth-order valence-corrected chi connectivity index (χ4v) is 3.60. The lowest BCUT2D eigenvalue weighted by Gasteiger charge is -2.35. The van der Waals surface area contributed by atoms with E-state index in [9.17, 15) is 4.79 Å². The highest BCUT2D eigenvalue weighted by atomic mass is 35.5. The third-order valence-corrected chi connectivity index (χ3v) is 5.18. The highest BCUT2D eigenvalue weighted by Crippen LogP contribution is 2.28. The van der Waals surface area contributed by atoms with Gasteiger partial charge in [-0.1, -0.05) is 17.7 Å². The van der Waals surface area contributed by atoms with Crippen LogP contribution in [0.15, 0.2) is 23.2 Å². The minimum Gasteiger partial charge on any atom is -0.369 e. The first-order chi connectivity index (χ1) is 13.6. The average molecular weight is 423 g/mol. The minimum absolute atomic E-state index is 0.0428. The highest BCUT2D eigenvalue weighted by Gasteiger charge is 2.20. The zero-order valence-corrected chi connectivity index (χ0v) is 19.3. The van der Waals surface area contributed by atoms with Crippen molar-refractivity contribution >= 4 is 29.2 Å². The number of rotatable bonds is 5. The molecule has 0 aliphatic carbocycles. The van der Waals surface area contributed by atoms with E-state index in [1.54, 1.807) is 7.05 Å². The molecule has 0 bridgehead atoms. The molecule has 7 nitrogen and oxygen atoms in total. The molecule has 2 rings (SSSR count). The van der Waals surface area contributed by atoms with Crippen molar-refractivity contribution in [1.29, 1.82) is 0 Å². The standard InChI is InChI=1S/C21H35ClN6O/c1-21(2,3)25-19(29)15-27(6)20(23-4)24-14-16-17(22)8-7-9-18(16)28-12-10-26(5)11-13-28/h7-9H,10-15H2,1-6H3,(H,23,24)(H,25,29). The van der Waals surface area contributed by atoms with Crippen LogP contribution in [0.2, 0.25) is 5.02 Å². The van der Waals surface area contributed by atoms with E-state index in [4.69, 9.17) is 11.6 Å². The molecule has 0 unspecified atom stereocenters. The SMILES string of the molecule is CN=C(NCc1c(Cl)cccc1N1CCN(C)CC1)N(C)CC(=O)NC(C)(C)C. The predicted octanol–water partition coefficient (Wildman–Crippen LogP) is 2.01. The molecular weight excluding hydrogens is 388 g/mol. The van der Waals surface area contributed by atoms with Crippen molar-refractivity contribution in [2.24, 2.45) is 4.99 Å². The first-order valence-corrected chi connectivity index (χ1v) is 10.4. The van der Waals surface area contributed by atoms with Crippen molar-refractivity contribution < 1.29 is 4.79 Å². The maximum Gasteiger partial charge on any atom is 0.240 e. The van der Waals surface area contributed by atoms with Crippen LogP contribution >= 0.6 is 11.6 Å². The molecule has 2 N–H and O–H groups in total. The molecule has 29 heavy (non-hydrogen) atoms. The second-order valence-corrected chi connectivity index (χ2v) is 8.99. The van der Waals surface area contributed by atoms with E-state index in [2.05, 4.69) is 38.5 Å². The predicted molar refractivity (Wildman–Crippen MR) is 122 cm³/mol. The first kappa shape index (κ1) is 23.3. The van der Waals surface area contributed by atoms with E-state index in [-0.39, 0.29) is 18.0 Å². The Morgan fingerprint density at radius 3 is 2.48 bits per heavy atom. The first-order valence-electron chi connectivity index (χ1n) is 10.0. The Kier molecular flexibility index (Phi) is 8.16. The lowest BCUT2D eigenvalue weighted by atomic mass is 10.1. The van der Waals surface area contributed by atoms with Crippen LogP contribution in [0.3, 0.4) is 0 Å². The van der Waals surface area contributed by atoms with E-state index in [0.717, 1.165) is 42.5 Å². The van der Waals surface area contributed by atoms with Gasteiger partial charge < -0.3 is 25.3 Å². The van der Waals surface area contributed by atoms with E-state index >= 15 is 0 Å². The number of piperazine rings is 1. The number of halogens is 1. The van der Waals surface area contributed by atoms with Crippen molar-refractivity contribution in [3.8, 4) is 0 Å². The summed E-state index contributed by atoms with van der Waals surface area (Å²) in [5.41, 5.74) is 1.94. The fraction of sp³-hybridized carbons (Fsp3) is 0.619. The number of aliphatic imine (C=N–C) groups is 1. The monoisotopic (exact) mass is 422 g/mol. The molecule has 1 aliphatic heterocycles. The number of carbonyl (C=O) groups excluding carboxylic acids is 1. The summed E-state index contributed by atoms with van der Waals surface area (Å²) < 4.78 is 0. The van der Waals surface area contributed by atoms with Crippen LogP contribution in [-0.2, 0) is 11.3 Å². The lowest BCUT2D eigenvalue weighted by molar-refractivity contribution is -0.122. The van der Waals surface area contributed by atoms with E-state index in [0.29, 0.717) is 12.5 Å². The molecule has 1 heterocycles. The molecule has 8 heteroatoms. The summed E-state index contributed by atoms with van der Waals surface area (Å²) in [6.07, 6.45) is 0. The minimum atomic E-state index is -0.260. The Labute approximate surface area is 180 Å². The van der Waals surface area contributed by atoms with E-state index in [1.165, 1.54) is 0 Å². The third kappa shape index (κ3) is 7.08. The molecule has 162 valence electrons. The summed E-state index contributed by atoms with van der Waals surface area (Å²) in [7, 11) is 5.72. The smallest absolute Gasteiger partial charge is 0.240 e. The molecule has 1 aromatic carbocycles. The zero-order valence-electron chi connectivity index (χ0n) is 18.5. The van der Waals surface area contributed by atoms with Gasteiger partial charge in [0.15, 0.2) is 5.96 Å². The number of guanidine groups is 1. The number of benzene rings is 1. The normalized spacial score (nSPS) is 16.0. The number of hydrogen-bond donors (Lipinski definition) is 2. The molecular formula is C21H35ClN6O. The molecule has 1 aromatic rings. The van der Waals surface area contributed by atoms with Gasteiger partial charge in [-0.05, 0) is 40.0 Å². The summed E-state index contributed by atoms with van der Waals surface area (Å²) in [4.78, 5) is 23.1. The summed E-state index contributed by atoms with van der Waals surface area (Å²) in [5.74, 6) is 0.608. The Bertz CT molecular complexity index is 722. The summed E-state index contributed by atoms with van der Waals surface area (Å²) >= 11 is 6.55. The molecule has 1 amide bonds. The molecule has 0 spiro atoms. The van der Waals surface area contributed by atoms with Crippen LogP contribution in [-0.4, -0.2) is 81.1 Å². The number of nitrogens with zero attached hydrogens (tertiary/aromatic N) is 4. The topological polar surface area (TPSA) is 63.2 Å². The van der Waals surface area contributed by atoms with Crippen molar-refractivity contribution in [1.82, 2.24) is 20.4 Å². The quantitative estimate of drug-likeness (QED) is 0.561. The van der Waals surface area contributed by atoms with Crippen LogP contribution in [0, 0.1) is 0 Å². The van der Waals surface area contributed by atoms with Crippen LogP contribution in [0.5, 0.6) is 0 Å². The molecule has 0 saturated carbocycles. The van der Waals surface area contributed by atoms with Crippen LogP contribution in [0.25, 0.3) is 0 Å². The second kappa shape index (κ2) is 10.2. The van der Waals surface area contributed by atoms with Crippen LogP contribution < -0.4 is 15.5 Å². The number of amides is 1. The summed E-state index contributed by atoms with van der Waals surface area (Å²) in [6, 6.07) is 6.04. The van der Waals surface area contributed by atoms with Crippen LogP contribution in [0.1, 0.15) is 26.3 Å². The van der Waals surface area contributed by atoms with Crippen molar-refractivity contribution in [2.75, 3.05) is 58.8 Å². The van der Waals surface area contributed by atoms with Gasteiger partial charge in [0.1, 0.15) is 0 Å². The van der Waals surface area contributed by atoms with Crippen molar-refractivity contribution in [2.45, 2.75) is 32.9 Å². The van der Waals surface area contributed by atoms with Gasteiger partial charge in [0.05, 0.1) is 6.54 Å². The Hall–Kier alpha value is -1.99. The van der Waals surface area contributed by atoms with Gasteiger partial charge in [0, 0.05) is 68.6 Å². The van der Waals surface area contributed by atoms with E-state index in [1.807, 2.05) is 44.9 Å². The number of likely N-dealkylation sites (N-methyl/N-ethyl adjacent to an activating group) is 2. The Balaban J connectivity index is 2.04. The van der Waals surface area contributed by atoms with Crippen molar-refractivity contribution in [3.05, 3.63) is 28.8 Å². The molecule has 1 aliphatic rings. The van der Waals surface area contributed by atoms with Crippen LogP contribution in [0.4, 0.5) is 5.69 Å². The van der Waals surface area contributed by atoms with Crippen molar-refractivity contribution in [3.63, 3.8) is 0 Å². The molecule has 0 atom stereocenters. The largest absolute Gasteiger partial charge is 0.369 e. The summed E-state index contributed by atoms with van der Waals surface area (Å²) in [5, 5.41) is 7.06. The number of carbonyl (C=O) groups is 1. The Morgan fingerprint density at radius 2 is 1.90 bits per heavy atom. The van der Waals surface area contributed by atoms with E-state index < -0.39 is 0 Å². The second-order valence-electron chi connectivity index (χ2n) is 8.58. The molecule has 1 fully saturated rings. The van der Waals surface area contributed by atoms with Gasteiger partial charge >= 0.3 is 0 Å². The lowest BCUT2D eigenvalue weighted by Crippen LogP contribution is -2.48. The maximum atomic E-state index is 12.2. The fourth-order valence-electron chi connectivity index (χ4n) is 3.37. The third-order valence-electron chi connectivity index (χ3n) is 4.83. The number of hydrogen-bond acceptors (Lipinski definition) is 4. The van der Waals surface area contributed by atoms with Gasteiger partial charge in [-0.25, -0.2) is 0 Å². The Morgan fingerprint density at radius 1 is 1.24 bits per heavy atom. The van der Waals surface area contributed by atoms with Gasteiger partial charge in [0.25, 0.3) is 0 Å². The van der Waals surface area contributed by atoms with Gasteiger partial charge in [-0.15, -0.1) is 0 Å². The number of nitrogens with one attached hydrogen (secondary N) is 2. The molecule has 0 radical (unpaired) electrons.